The summed E-state index contributed by atoms with van der Waals surface area (Å²) in [5, 5.41) is 3.14. The van der Waals surface area contributed by atoms with Gasteiger partial charge in [0.2, 0.25) is 5.91 Å². The van der Waals surface area contributed by atoms with E-state index in [-0.39, 0.29) is 16.7 Å². The first-order valence-electron chi connectivity index (χ1n) is 5.46. The summed E-state index contributed by atoms with van der Waals surface area (Å²) in [4.78, 5) is 11.8. The van der Waals surface area contributed by atoms with E-state index in [2.05, 4.69) is 5.32 Å². The van der Waals surface area contributed by atoms with Gasteiger partial charge in [0, 0.05) is 29.3 Å². The summed E-state index contributed by atoms with van der Waals surface area (Å²) < 4.78 is 0. The Hall–Kier alpha value is 0.130. The van der Waals surface area contributed by atoms with Crippen LogP contribution in [0.15, 0.2) is 0 Å². The van der Waals surface area contributed by atoms with Gasteiger partial charge in [0.05, 0.1) is 5.25 Å². The van der Waals surface area contributed by atoms with E-state index in [1.165, 1.54) is 12.2 Å². The van der Waals surface area contributed by atoms with Crippen molar-refractivity contribution >= 4 is 29.4 Å². The number of thioether (sulfide) groups is 2. The smallest absolute Gasteiger partial charge is 0.234 e. The molecule has 2 aliphatic rings. The minimum absolute atomic E-state index is 0.0951. The molecule has 0 spiro atoms. The predicted molar refractivity (Wildman–Crippen MR) is 67.4 cm³/mol. The molecular weight excluding hydrogens is 228 g/mol. The van der Waals surface area contributed by atoms with E-state index >= 15 is 0 Å². The highest BCUT2D eigenvalue weighted by atomic mass is 32.2. The Morgan fingerprint density at radius 2 is 2.27 bits per heavy atom. The van der Waals surface area contributed by atoms with Gasteiger partial charge in [-0.05, 0) is 19.3 Å². The second kappa shape index (κ2) is 4.97. The third-order valence-corrected chi connectivity index (χ3v) is 5.83. The largest absolute Gasteiger partial charge is 0.353 e. The molecule has 1 heterocycles. The maximum Gasteiger partial charge on any atom is 0.234 e. The lowest BCUT2D eigenvalue weighted by molar-refractivity contribution is -0.120. The van der Waals surface area contributed by atoms with Gasteiger partial charge in [-0.1, -0.05) is 0 Å². The Balaban J connectivity index is 1.71. The van der Waals surface area contributed by atoms with E-state index < -0.39 is 0 Å². The van der Waals surface area contributed by atoms with Crippen molar-refractivity contribution in [3.05, 3.63) is 0 Å². The second-order valence-corrected chi connectivity index (χ2v) is 6.83. The molecule has 15 heavy (non-hydrogen) atoms. The lowest BCUT2D eigenvalue weighted by Gasteiger charge is -2.38. The summed E-state index contributed by atoms with van der Waals surface area (Å²) in [6, 6.07) is 0. The first-order chi connectivity index (χ1) is 7.20. The normalized spacial score (nSPS) is 29.3. The van der Waals surface area contributed by atoms with Crippen molar-refractivity contribution in [2.75, 3.05) is 23.8 Å². The molecule has 5 heteroatoms. The molecule has 0 aromatic carbocycles. The fourth-order valence-electron chi connectivity index (χ4n) is 1.82. The Bertz CT molecular complexity index is 238. The summed E-state index contributed by atoms with van der Waals surface area (Å²) in [5.41, 5.74) is 5.96. The van der Waals surface area contributed by atoms with E-state index in [0.717, 1.165) is 24.3 Å². The average molecular weight is 246 g/mol. The Morgan fingerprint density at radius 1 is 1.47 bits per heavy atom. The molecule has 1 amide bonds. The van der Waals surface area contributed by atoms with Crippen LogP contribution in [0.4, 0.5) is 0 Å². The Morgan fingerprint density at radius 3 is 2.80 bits per heavy atom. The number of hydrogen-bond donors (Lipinski definition) is 2. The Labute approximate surface area is 99.3 Å². The van der Waals surface area contributed by atoms with Gasteiger partial charge >= 0.3 is 0 Å². The zero-order chi connectivity index (χ0) is 10.7. The summed E-state index contributed by atoms with van der Waals surface area (Å²) >= 11 is 3.65. The monoisotopic (exact) mass is 246 g/mol. The summed E-state index contributed by atoms with van der Waals surface area (Å²) in [7, 11) is 0. The van der Waals surface area contributed by atoms with Crippen molar-refractivity contribution in [3.8, 4) is 0 Å². The van der Waals surface area contributed by atoms with E-state index in [1.807, 2.05) is 11.8 Å². The zero-order valence-electron chi connectivity index (χ0n) is 8.83. The third kappa shape index (κ3) is 3.04. The maximum absolute atomic E-state index is 11.8. The van der Waals surface area contributed by atoms with Crippen LogP contribution < -0.4 is 11.1 Å². The van der Waals surface area contributed by atoms with Crippen LogP contribution in [0.25, 0.3) is 0 Å². The van der Waals surface area contributed by atoms with Crippen LogP contribution in [0.5, 0.6) is 0 Å². The van der Waals surface area contributed by atoms with Crippen LogP contribution in [-0.2, 0) is 4.79 Å². The van der Waals surface area contributed by atoms with Crippen LogP contribution in [-0.4, -0.2) is 40.5 Å². The fourth-order valence-corrected chi connectivity index (χ4v) is 4.41. The molecule has 1 atom stereocenters. The van der Waals surface area contributed by atoms with Gasteiger partial charge in [-0.2, -0.15) is 11.8 Å². The molecule has 0 aromatic rings. The lowest BCUT2D eigenvalue weighted by atomic mass is 9.78. The highest BCUT2D eigenvalue weighted by molar-refractivity contribution is 8.07. The summed E-state index contributed by atoms with van der Waals surface area (Å²) in [5.74, 6) is 3.41. The number of nitrogens with two attached hydrogens (primary N) is 1. The van der Waals surface area contributed by atoms with Crippen molar-refractivity contribution in [1.82, 2.24) is 5.32 Å². The first-order valence-corrected chi connectivity index (χ1v) is 7.66. The predicted octanol–water partition coefficient (Wildman–Crippen LogP) is 0.833. The molecule has 0 aromatic heterocycles. The molecule has 86 valence electrons. The molecule has 0 radical (unpaired) electrons. The van der Waals surface area contributed by atoms with Crippen LogP contribution in [0.1, 0.15) is 19.3 Å². The number of carbonyl (C=O) groups is 1. The molecule has 1 aliphatic heterocycles. The van der Waals surface area contributed by atoms with Crippen molar-refractivity contribution in [2.24, 2.45) is 5.73 Å². The van der Waals surface area contributed by atoms with Crippen LogP contribution >= 0.6 is 23.5 Å². The number of nitrogens with one attached hydrogen (secondary N) is 1. The van der Waals surface area contributed by atoms with Gasteiger partial charge in [0.25, 0.3) is 0 Å². The van der Waals surface area contributed by atoms with E-state index in [9.17, 15) is 4.79 Å². The second-order valence-electron chi connectivity index (χ2n) is 4.37. The molecular formula is C10H18N2OS2. The van der Waals surface area contributed by atoms with Crippen LogP contribution in [0, 0.1) is 0 Å². The van der Waals surface area contributed by atoms with E-state index in [4.69, 9.17) is 5.73 Å². The molecule has 0 bridgehead atoms. The van der Waals surface area contributed by atoms with E-state index in [0.29, 0.717) is 6.54 Å². The molecule has 2 rings (SSSR count). The molecule has 3 N–H and O–H groups in total. The third-order valence-electron chi connectivity index (χ3n) is 3.07. The average Bonchev–Trinajstić information content (AvgIpc) is 2.24. The van der Waals surface area contributed by atoms with E-state index in [1.54, 1.807) is 11.8 Å². The first kappa shape index (κ1) is 11.6. The number of carbonyl (C=O) groups excluding carboxylic acids is 1. The molecule has 1 unspecified atom stereocenters. The van der Waals surface area contributed by atoms with Crippen LogP contribution in [0.3, 0.4) is 0 Å². The molecule has 3 nitrogen and oxygen atoms in total. The number of hydrogen-bond acceptors (Lipinski definition) is 4. The van der Waals surface area contributed by atoms with Crippen molar-refractivity contribution in [3.63, 3.8) is 0 Å². The van der Waals surface area contributed by atoms with Gasteiger partial charge in [-0.15, -0.1) is 11.8 Å². The maximum atomic E-state index is 11.8. The minimum Gasteiger partial charge on any atom is -0.353 e. The molecule has 1 saturated heterocycles. The Kier molecular flexibility index (Phi) is 3.85. The highest BCUT2D eigenvalue weighted by Crippen LogP contribution is 2.28. The minimum atomic E-state index is -0.0951. The topological polar surface area (TPSA) is 55.1 Å². The van der Waals surface area contributed by atoms with Gasteiger partial charge in [0.1, 0.15) is 0 Å². The van der Waals surface area contributed by atoms with Gasteiger partial charge in [0.15, 0.2) is 0 Å². The van der Waals surface area contributed by atoms with Crippen molar-refractivity contribution in [1.29, 1.82) is 0 Å². The number of rotatable bonds is 3. The van der Waals surface area contributed by atoms with Crippen molar-refractivity contribution in [2.45, 2.75) is 30.1 Å². The highest BCUT2D eigenvalue weighted by Gasteiger charge is 2.33. The standard InChI is InChI=1S/C10H18N2OS2/c11-10(2-1-3-10)7-12-9(13)8-6-14-4-5-15-8/h8H,1-7,11H2,(H,12,13). The lowest BCUT2D eigenvalue weighted by Crippen LogP contribution is -2.56. The molecule has 1 aliphatic carbocycles. The zero-order valence-corrected chi connectivity index (χ0v) is 10.5. The van der Waals surface area contributed by atoms with Gasteiger partial charge in [-0.3, -0.25) is 4.79 Å². The SMILES string of the molecule is NC1(CNC(=O)C2CSCCS2)CCC1. The van der Waals surface area contributed by atoms with Gasteiger partial charge in [-0.25, -0.2) is 0 Å². The molecule has 1 saturated carbocycles. The van der Waals surface area contributed by atoms with Crippen molar-refractivity contribution < 1.29 is 4.79 Å². The summed E-state index contributed by atoms with van der Waals surface area (Å²) in [6.07, 6.45) is 3.32. The van der Waals surface area contributed by atoms with Gasteiger partial charge < -0.3 is 11.1 Å². The summed E-state index contributed by atoms with van der Waals surface area (Å²) in [6.45, 7) is 0.660. The number of amides is 1. The quantitative estimate of drug-likeness (QED) is 0.774. The molecule has 2 fully saturated rings. The van der Waals surface area contributed by atoms with Crippen LogP contribution in [0.2, 0.25) is 0 Å². The fraction of sp³-hybridized carbons (Fsp3) is 0.900.